The van der Waals surface area contributed by atoms with Gasteiger partial charge in [0.25, 0.3) is 5.91 Å². The summed E-state index contributed by atoms with van der Waals surface area (Å²) in [5, 5.41) is 2.99. The fourth-order valence-corrected chi connectivity index (χ4v) is 2.48. The highest BCUT2D eigenvalue weighted by Gasteiger charge is 2.18. The average molecular weight is 282 g/mol. The standard InChI is InChI=1S/C17H18N2O2/c1-12-6-8-18-10-16(12)13-2-4-14(5-3-13)17(20)19-15-7-9-21-11-15/h2-6,8,10,15H,7,9,11H2,1H3,(H,19,20)/t15-/m1/s1. The second-order valence-corrected chi connectivity index (χ2v) is 5.30. The van der Waals surface area contributed by atoms with Crippen molar-refractivity contribution < 1.29 is 9.53 Å². The van der Waals surface area contributed by atoms with Crippen molar-refractivity contribution in [3.63, 3.8) is 0 Å². The monoisotopic (exact) mass is 282 g/mol. The number of pyridine rings is 1. The first-order valence-electron chi connectivity index (χ1n) is 7.14. The number of carbonyl (C=O) groups excluding carboxylic acids is 1. The van der Waals surface area contributed by atoms with Crippen molar-refractivity contribution in [2.45, 2.75) is 19.4 Å². The van der Waals surface area contributed by atoms with Gasteiger partial charge in [0.1, 0.15) is 0 Å². The van der Waals surface area contributed by atoms with Gasteiger partial charge in [0.05, 0.1) is 12.6 Å². The molecule has 1 amide bonds. The van der Waals surface area contributed by atoms with Gasteiger partial charge in [-0.15, -0.1) is 0 Å². The maximum atomic E-state index is 12.1. The van der Waals surface area contributed by atoms with Crippen LogP contribution in [0.25, 0.3) is 11.1 Å². The molecule has 0 bridgehead atoms. The summed E-state index contributed by atoms with van der Waals surface area (Å²) < 4.78 is 5.26. The van der Waals surface area contributed by atoms with Crippen LogP contribution in [0.3, 0.4) is 0 Å². The lowest BCUT2D eigenvalue weighted by atomic mass is 10.0. The number of ether oxygens (including phenoxy) is 1. The normalized spacial score (nSPS) is 17.7. The minimum Gasteiger partial charge on any atom is -0.379 e. The van der Waals surface area contributed by atoms with E-state index in [1.165, 1.54) is 5.56 Å². The fourth-order valence-electron chi connectivity index (χ4n) is 2.48. The quantitative estimate of drug-likeness (QED) is 0.941. The molecule has 1 aliphatic rings. The lowest BCUT2D eigenvalue weighted by Gasteiger charge is -2.11. The zero-order valence-electron chi connectivity index (χ0n) is 12.0. The Balaban J connectivity index is 1.74. The first-order valence-corrected chi connectivity index (χ1v) is 7.14. The topological polar surface area (TPSA) is 51.2 Å². The van der Waals surface area contributed by atoms with E-state index in [0.29, 0.717) is 12.2 Å². The van der Waals surface area contributed by atoms with Gasteiger partial charge in [0, 0.05) is 30.1 Å². The molecule has 0 radical (unpaired) electrons. The summed E-state index contributed by atoms with van der Waals surface area (Å²) in [6.45, 7) is 3.39. The Morgan fingerprint density at radius 2 is 2.10 bits per heavy atom. The highest BCUT2D eigenvalue weighted by atomic mass is 16.5. The van der Waals surface area contributed by atoms with Crippen molar-refractivity contribution >= 4 is 5.91 Å². The number of aryl methyl sites for hydroxylation is 1. The third-order valence-corrected chi connectivity index (χ3v) is 3.76. The van der Waals surface area contributed by atoms with Crippen molar-refractivity contribution in [3.05, 3.63) is 53.9 Å². The number of hydrogen-bond acceptors (Lipinski definition) is 3. The van der Waals surface area contributed by atoms with E-state index >= 15 is 0 Å². The second kappa shape index (κ2) is 6.06. The molecule has 4 heteroatoms. The number of aromatic nitrogens is 1. The molecule has 0 saturated carbocycles. The van der Waals surface area contributed by atoms with Gasteiger partial charge < -0.3 is 10.1 Å². The van der Waals surface area contributed by atoms with Crippen LogP contribution in [0.1, 0.15) is 22.3 Å². The Kier molecular flexibility index (Phi) is 3.97. The maximum Gasteiger partial charge on any atom is 0.251 e. The predicted molar refractivity (Wildman–Crippen MR) is 81.1 cm³/mol. The smallest absolute Gasteiger partial charge is 0.251 e. The number of rotatable bonds is 3. The molecule has 1 N–H and O–H groups in total. The molecule has 1 atom stereocenters. The molecule has 21 heavy (non-hydrogen) atoms. The number of carbonyl (C=O) groups is 1. The van der Waals surface area contributed by atoms with Crippen LogP contribution in [-0.4, -0.2) is 30.1 Å². The molecule has 108 valence electrons. The third kappa shape index (κ3) is 3.11. The molecule has 1 aromatic carbocycles. The van der Waals surface area contributed by atoms with E-state index in [1.54, 1.807) is 6.20 Å². The highest BCUT2D eigenvalue weighted by molar-refractivity contribution is 5.94. The van der Waals surface area contributed by atoms with Crippen molar-refractivity contribution in [1.82, 2.24) is 10.3 Å². The van der Waals surface area contributed by atoms with Crippen LogP contribution in [0.5, 0.6) is 0 Å². The van der Waals surface area contributed by atoms with Gasteiger partial charge in [-0.1, -0.05) is 12.1 Å². The van der Waals surface area contributed by atoms with Crippen LogP contribution in [-0.2, 0) is 4.74 Å². The summed E-state index contributed by atoms with van der Waals surface area (Å²) in [6, 6.07) is 9.75. The van der Waals surface area contributed by atoms with Crippen LogP contribution >= 0.6 is 0 Å². The lowest BCUT2D eigenvalue weighted by molar-refractivity contribution is 0.0930. The summed E-state index contributed by atoms with van der Waals surface area (Å²) in [7, 11) is 0. The number of hydrogen-bond donors (Lipinski definition) is 1. The van der Waals surface area contributed by atoms with Gasteiger partial charge in [-0.3, -0.25) is 9.78 Å². The van der Waals surface area contributed by atoms with Crippen LogP contribution in [0.2, 0.25) is 0 Å². The van der Waals surface area contributed by atoms with E-state index in [2.05, 4.69) is 17.2 Å². The lowest BCUT2D eigenvalue weighted by Crippen LogP contribution is -2.34. The second-order valence-electron chi connectivity index (χ2n) is 5.30. The van der Waals surface area contributed by atoms with E-state index in [1.807, 2.05) is 36.5 Å². The van der Waals surface area contributed by atoms with E-state index in [0.717, 1.165) is 24.2 Å². The molecule has 1 saturated heterocycles. The Morgan fingerprint density at radius 3 is 2.76 bits per heavy atom. The SMILES string of the molecule is Cc1ccncc1-c1ccc(C(=O)N[C@@H]2CCOC2)cc1. The molecule has 0 aliphatic carbocycles. The first kappa shape index (κ1) is 13.8. The Morgan fingerprint density at radius 1 is 1.29 bits per heavy atom. The summed E-state index contributed by atoms with van der Waals surface area (Å²) >= 11 is 0. The zero-order valence-corrected chi connectivity index (χ0v) is 12.0. The Labute approximate surface area is 124 Å². The van der Waals surface area contributed by atoms with Crippen LogP contribution in [0, 0.1) is 6.92 Å². The van der Waals surface area contributed by atoms with Crippen molar-refractivity contribution in [1.29, 1.82) is 0 Å². The van der Waals surface area contributed by atoms with Gasteiger partial charge >= 0.3 is 0 Å². The average Bonchev–Trinajstić information content (AvgIpc) is 3.01. The molecule has 2 aromatic rings. The minimum atomic E-state index is -0.0417. The molecule has 4 nitrogen and oxygen atoms in total. The third-order valence-electron chi connectivity index (χ3n) is 3.76. The van der Waals surface area contributed by atoms with E-state index in [9.17, 15) is 4.79 Å². The number of amides is 1. The van der Waals surface area contributed by atoms with Gasteiger partial charge in [-0.05, 0) is 42.7 Å². The van der Waals surface area contributed by atoms with Crippen molar-refractivity contribution in [2.75, 3.05) is 13.2 Å². The van der Waals surface area contributed by atoms with Crippen molar-refractivity contribution in [2.24, 2.45) is 0 Å². The maximum absolute atomic E-state index is 12.1. The Hall–Kier alpha value is -2.20. The fraction of sp³-hybridized carbons (Fsp3) is 0.294. The highest BCUT2D eigenvalue weighted by Crippen LogP contribution is 2.22. The number of nitrogens with zero attached hydrogens (tertiary/aromatic N) is 1. The van der Waals surface area contributed by atoms with E-state index in [-0.39, 0.29) is 11.9 Å². The summed E-state index contributed by atoms with van der Waals surface area (Å²) in [6.07, 6.45) is 4.52. The Bertz CT molecular complexity index is 631. The number of nitrogens with one attached hydrogen (secondary N) is 1. The number of benzene rings is 1. The zero-order chi connectivity index (χ0) is 14.7. The van der Waals surface area contributed by atoms with Gasteiger partial charge in [0.15, 0.2) is 0 Å². The molecule has 0 spiro atoms. The molecular weight excluding hydrogens is 264 g/mol. The summed E-state index contributed by atoms with van der Waals surface area (Å²) in [5.74, 6) is -0.0417. The molecule has 3 rings (SSSR count). The van der Waals surface area contributed by atoms with Crippen LogP contribution in [0.4, 0.5) is 0 Å². The summed E-state index contributed by atoms with van der Waals surface area (Å²) in [4.78, 5) is 16.3. The van der Waals surface area contributed by atoms with E-state index < -0.39 is 0 Å². The van der Waals surface area contributed by atoms with Gasteiger partial charge in [-0.25, -0.2) is 0 Å². The van der Waals surface area contributed by atoms with Gasteiger partial charge in [0.2, 0.25) is 0 Å². The van der Waals surface area contributed by atoms with E-state index in [4.69, 9.17) is 4.74 Å². The molecule has 2 heterocycles. The summed E-state index contributed by atoms with van der Waals surface area (Å²) in [5.41, 5.74) is 4.01. The molecule has 1 fully saturated rings. The predicted octanol–water partition coefficient (Wildman–Crippen LogP) is 2.58. The molecular formula is C17H18N2O2. The van der Waals surface area contributed by atoms with Crippen molar-refractivity contribution in [3.8, 4) is 11.1 Å². The molecule has 1 aliphatic heterocycles. The molecule has 0 unspecified atom stereocenters. The first-order chi connectivity index (χ1) is 10.2. The van der Waals surface area contributed by atoms with Crippen LogP contribution in [0.15, 0.2) is 42.7 Å². The largest absolute Gasteiger partial charge is 0.379 e. The van der Waals surface area contributed by atoms with Gasteiger partial charge in [-0.2, -0.15) is 0 Å². The minimum absolute atomic E-state index is 0.0417. The molecule has 1 aromatic heterocycles. The van der Waals surface area contributed by atoms with Crippen LogP contribution < -0.4 is 5.32 Å².